The van der Waals surface area contributed by atoms with Crippen LogP contribution in [0.3, 0.4) is 0 Å². The molecule has 0 fully saturated rings. The van der Waals surface area contributed by atoms with E-state index in [0.717, 1.165) is 12.3 Å². The van der Waals surface area contributed by atoms with Crippen molar-refractivity contribution < 1.29 is 5.11 Å². The normalized spacial score (nSPS) is 25.2. The predicted octanol–water partition coefficient (Wildman–Crippen LogP) is 2.75. The summed E-state index contributed by atoms with van der Waals surface area (Å²) in [6, 6.07) is 0. The number of rotatable bonds is 2. The first-order valence-corrected chi connectivity index (χ1v) is 4.96. The molecule has 1 rings (SSSR count). The van der Waals surface area contributed by atoms with Gasteiger partial charge in [-0.1, -0.05) is 26.3 Å². The highest BCUT2D eigenvalue weighted by Crippen LogP contribution is 2.32. The molecule has 0 aromatic carbocycles. The molecule has 0 saturated heterocycles. The first-order valence-electron chi connectivity index (χ1n) is 4.96. The molecule has 0 spiro atoms. The second-order valence-corrected chi connectivity index (χ2v) is 4.29. The Morgan fingerprint density at radius 1 is 1.50 bits per heavy atom. The lowest BCUT2D eigenvalue weighted by atomic mass is 9.81. The second kappa shape index (κ2) is 4.08. The Morgan fingerprint density at radius 3 is 2.67 bits per heavy atom. The molecule has 0 aliphatic heterocycles. The molecule has 1 N–H and O–H groups in total. The third-order valence-corrected chi connectivity index (χ3v) is 2.84. The molecule has 1 unspecified atom stereocenters. The molecule has 0 bridgehead atoms. The van der Waals surface area contributed by atoms with Crippen molar-refractivity contribution in [2.45, 2.75) is 40.0 Å². The molecule has 0 amide bonds. The SMILES string of the molecule is CC1CCC(C(C)C)=C(CO)C1. The smallest absolute Gasteiger partial charge is 0.0644 e. The fraction of sp³-hybridized carbons (Fsp3) is 0.818. The Morgan fingerprint density at radius 2 is 2.17 bits per heavy atom. The quantitative estimate of drug-likeness (QED) is 0.629. The lowest BCUT2D eigenvalue weighted by molar-refractivity contribution is 0.307. The van der Waals surface area contributed by atoms with Gasteiger partial charge in [-0.2, -0.15) is 0 Å². The van der Waals surface area contributed by atoms with Gasteiger partial charge in [-0.15, -0.1) is 0 Å². The molecule has 1 aliphatic carbocycles. The summed E-state index contributed by atoms with van der Waals surface area (Å²) in [5, 5.41) is 9.17. The standard InChI is InChI=1S/C11H20O/c1-8(2)11-5-4-9(3)6-10(11)7-12/h8-9,12H,4-7H2,1-3H3. The summed E-state index contributed by atoms with van der Waals surface area (Å²) >= 11 is 0. The van der Waals surface area contributed by atoms with Gasteiger partial charge in [-0.3, -0.25) is 0 Å². The van der Waals surface area contributed by atoms with Crippen LogP contribution in [0.25, 0.3) is 0 Å². The zero-order valence-electron chi connectivity index (χ0n) is 8.43. The van der Waals surface area contributed by atoms with Gasteiger partial charge in [0.25, 0.3) is 0 Å². The largest absolute Gasteiger partial charge is 0.392 e. The molecule has 0 radical (unpaired) electrons. The van der Waals surface area contributed by atoms with Crippen molar-refractivity contribution >= 4 is 0 Å². The number of aliphatic hydroxyl groups excluding tert-OH is 1. The molecule has 0 saturated carbocycles. The van der Waals surface area contributed by atoms with Gasteiger partial charge >= 0.3 is 0 Å². The zero-order valence-corrected chi connectivity index (χ0v) is 8.43. The summed E-state index contributed by atoms with van der Waals surface area (Å²) < 4.78 is 0. The minimum Gasteiger partial charge on any atom is -0.392 e. The van der Waals surface area contributed by atoms with E-state index >= 15 is 0 Å². The van der Waals surface area contributed by atoms with E-state index in [9.17, 15) is 5.11 Å². The highest BCUT2D eigenvalue weighted by atomic mass is 16.3. The van der Waals surface area contributed by atoms with Crippen LogP contribution in [0.2, 0.25) is 0 Å². The lowest BCUT2D eigenvalue weighted by Gasteiger charge is -2.26. The van der Waals surface area contributed by atoms with Crippen LogP contribution in [0, 0.1) is 11.8 Å². The van der Waals surface area contributed by atoms with Gasteiger partial charge in [-0.25, -0.2) is 0 Å². The molecule has 0 aromatic heterocycles. The van der Waals surface area contributed by atoms with Crippen molar-refractivity contribution in [1.82, 2.24) is 0 Å². The number of hydrogen-bond acceptors (Lipinski definition) is 1. The van der Waals surface area contributed by atoms with Crippen molar-refractivity contribution in [3.05, 3.63) is 11.1 Å². The summed E-state index contributed by atoms with van der Waals surface area (Å²) in [6.07, 6.45) is 3.62. The summed E-state index contributed by atoms with van der Waals surface area (Å²) in [6.45, 7) is 6.99. The van der Waals surface area contributed by atoms with Crippen LogP contribution >= 0.6 is 0 Å². The molecule has 1 atom stereocenters. The van der Waals surface area contributed by atoms with Gasteiger partial charge < -0.3 is 5.11 Å². The van der Waals surface area contributed by atoms with E-state index < -0.39 is 0 Å². The van der Waals surface area contributed by atoms with E-state index in [1.807, 2.05) is 0 Å². The van der Waals surface area contributed by atoms with Crippen LogP contribution in [-0.2, 0) is 0 Å². The predicted molar refractivity (Wildman–Crippen MR) is 52.0 cm³/mol. The van der Waals surface area contributed by atoms with Gasteiger partial charge in [0.1, 0.15) is 0 Å². The fourth-order valence-corrected chi connectivity index (χ4v) is 2.10. The molecule has 1 nitrogen and oxygen atoms in total. The average Bonchev–Trinajstić information content (AvgIpc) is 2.03. The molecule has 1 heteroatoms. The monoisotopic (exact) mass is 168 g/mol. The number of hydrogen-bond donors (Lipinski definition) is 1. The molecule has 0 heterocycles. The molecule has 0 aromatic rings. The zero-order chi connectivity index (χ0) is 9.14. The lowest BCUT2D eigenvalue weighted by Crippen LogP contribution is -2.13. The van der Waals surface area contributed by atoms with Crippen molar-refractivity contribution in [2.24, 2.45) is 11.8 Å². The molecule has 70 valence electrons. The summed E-state index contributed by atoms with van der Waals surface area (Å²) in [5.41, 5.74) is 2.82. The van der Waals surface area contributed by atoms with E-state index in [1.165, 1.54) is 24.0 Å². The van der Waals surface area contributed by atoms with Gasteiger partial charge in [-0.05, 0) is 36.7 Å². The van der Waals surface area contributed by atoms with E-state index in [1.54, 1.807) is 0 Å². The third kappa shape index (κ3) is 2.10. The van der Waals surface area contributed by atoms with Crippen LogP contribution in [-0.4, -0.2) is 11.7 Å². The maximum atomic E-state index is 9.17. The molecule has 1 aliphatic rings. The van der Waals surface area contributed by atoms with Gasteiger partial charge in [0, 0.05) is 0 Å². The van der Waals surface area contributed by atoms with E-state index in [2.05, 4.69) is 20.8 Å². The van der Waals surface area contributed by atoms with Crippen molar-refractivity contribution in [1.29, 1.82) is 0 Å². The Labute approximate surface area is 75.5 Å². The first kappa shape index (κ1) is 9.79. The Hall–Kier alpha value is -0.300. The van der Waals surface area contributed by atoms with Crippen molar-refractivity contribution in [2.75, 3.05) is 6.61 Å². The van der Waals surface area contributed by atoms with Gasteiger partial charge in [0.2, 0.25) is 0 Å². The Bertz CT molecular complexity index is 179. The fourth-order valence-electron chi connectivity index (χ4n) is 2.10. The van der Waals surface area contributed by atoms with Crippen molar-refractivity contribution in [3.63, 3.8) is 0 Å². The Balaban J connectivity index is 2.76. The van der Waals surface area contributed by atoms with Crippen LogP contribution in [0.5, 0.6) is 0 Å². The summed E-state index contributed by atoms with van der Waals surface area (Å²) in [4.78, 5) is 0. The maximum absolute atomic E-state index is 9.17. The van der Waals surface area contributed by atoms with E-state index in [-0.39, 0.29) is 6.61 Å². The van der Waals surface area contributed by atoms with Crippen molar-refractivity contribution in [3.8, 4) is 0 Å². The molecular formula is C11H20O. The molecule has 12 heavy (non-hydrogen) atoms. The number of allylic oxidation sites excluding steroid dienone is 1. The van der Waals surface area contributed by atoms with Crippen LogP contribution < -0.4 is 0 Å². The van der Waals surface area contributed by atoms with E-state index in [0.29, 0.717) is 5.92 Å². The van der Waals surface area contributed by atoms with Crippen LogP contribution in [0.15, 0.2) is 11.1 Å². The average molecular weight is 168 g/mol. The first-order chi connectivity index (χ1) is 5.65. The Kier molecular flexibility index (Phi) is 3.33. The van der Waals surface area contributed by atoms with Crippen LogP contribution in [0.4, 0.5) is 0 Å². The van der Waals surface area contributed by atoms with Gasteiger partial charge in [0.05, 0.1) is 6.61 Å². The second-order valence-electron chi connectivity index (χ2n) is 4.29. The highest BCUT2D eigenvalue weighted by molar-refractivity contribution is 5.19. The summed E-state index contributed by atoms with van der Waals surface area (Å²) in [7, 11) is 0. The third-order valence-electron chi connectivity index (χ3n) is 2.84. The minimum absolute atomic E-state index is 0.276. The molecular weight excluding hydrogens is 148 g/mol. The topological polar surface area (TPSA) is 20.2 Å². The number of aliphatic hydroxyl groups is 1. The summed E-state index contributed by atoms with van der Waals surface area (Å²) in [5.74, 6) is 1.40. The minimum atomic E-state index is 0.276. The van der Waals surface area contributed by atoms with E-state index in [4.69, 9.17) is 0 Å². The van der Waals surface area contributed by atoms with Gasteiger partial charge in [0.15, 0.2) is 0 Å². The van der Waals surface area contributed by atoms with Crippen LogP contribution in [0.1, 0.15) is 40.0 Å². The maximum Gasteiger partial charge on any atom is 0.0644 e. The highest BCUT2D eigenvalue weighted by Gasteiger charge is 2.18.